The number of carbonyl (C=O) groups excluding carboxylic acids is 1. The molecule has 2 aliphatic rings. The summed E-state index contributed by atoms with van der Waals surface area (Å²) in [5.41, 5.74) is -0.489. The van der Waals surface area contributed by atoms with E-state index in [1.54, 1.807) is 13.0 Å². The van der Waals surface area contributed by atoms with Crippen molar-refractivity contribution in [3.05, 3.63) is 76.2 Å². The van der Waals surface area contributed by atoms with Crippen molar-refractivity contribution in [3.8, 4) is 22.8 Å². The number of carbonyl (C=O) groups is 1. The standard InChI is InChI=1S/C30H29ClF4N2O5S/c1-28(13-19(38)14-28)18-11-23(16-3-7-22(32)21(31)9-16)37-26(12-18)29(43-40,30(33,34)35)15-36-27(39)17-4-8-24(25(10-17)41-2)42-20-5-6-20/h3-4,7-12,19-20,38,40H,5-6,13-15H2,1-2H3,(H,36,39). The molecule has 0 bridgehead atoms. The number of amides is 1. The van der Waals surface area contributed by atoms with Gasteiger partial charge in [-0.3, -0.25) is 9.78 Å². The van der Waals surface area contributed by atoms with Crippen LogP contribution < -0.4 is 14.8 Å². The Kier molecular flexibility index (Phi) is 8.60. The van der Waals surface area contributed by atoms with Crippen LogP contribution in [0.2, 0.25) is 5.02 Å². The second kappa shape index (κ2) is 11.8. The average Bonchev–Trinajstić information content (AvgIpc) is 3.77. The van der Waals surface area contributed by atoms with Crippen LogP contribution in [-0.2, 0) is 10.2 Å². The van der Waals surface area contributed by atoms with Crippen molar-refractivity contribution in [3.63, 3.8) is 0 Å². The summed E-state index contributed by atoms with van der Waals surface area (Å²) >= 11 is 5.47. The number of alkyl halides is 3. The van der Waals surface area contributed by atoms with Gasteiger partial charge in [0.25, 0.3) is 5.91 Å². The number of aromatic nitrogens is 1. The molecule has 2 aromatic carbocycles. The van der Waals surface area contributed by atoms with Crippen LogP contribution in [-0.4, -0.2) is 52.6 Å². The number of hydrogen-bond acceptors (Lipinski definition) is 7. The molecule has 1 aromatic heterocycles. The molecule has 5 rings (SSSR count). The number of methoxy groups -OCH3 is 1. The van der Waals surface area contributed by atoms with E-state index in [0.717, 1.165) is 18.9 Å². The summed E-state index contributed by atoms with van der Waals surface area (Å²) in [4.78, 5) is 17.4. The molecule has 230 valence electrons. The smallest absolute Gasteiger partial charge is 0.412 e. The highest BCUT2D eigenvalue weighted by Gasteiger charge is 2.59. The quantitative estimate of drug-likeness (QED) is 0.164. The third-order valence-corrected chi connectivity index (χ3v) is 9.07. The molecule has 0 radical (unpaired) electrons. The van der Waals surface area contributed by atoms with E-state index in [1.807, 2.05) is 0 Å². The zero-order valence-corrected chi connectivity index (χ0v) is 24.7. The summed E-state index contributed by atoms with van der Waals surface area (Å²) in [5, 5.41) is 12.1. The lowest BCUT2D eigenvalue weighted by Crippen LogP contribution is -2.49. The van der Waals surface area contributed by atoms with Gasteiger partial charge < -0.3 is 24.4 Å². The Hall–Kier alpha value is -3.06. The van der Waals surface area contributed by atoms with Gasteiger partial charge in [-0.05, 0) is 85.2 Å². The highest BCUT2D eigenvalue weighted by atomic mass is 35.5. The minimum absolute atomic E-state index is 0.0262. The Morgan fingerprint density at radius 3 is 2.44 bits per heavy atom. The summed E-state index contributed by atoms with van der Waals surface area (Å²) in [5.74, 6) is -0.875. The van der Waals surface area contributed by atoms with Gasteiger partial charge >= 0.3 is 6.18 Å². The Morgan fingerprint density at radius 1 is 1.14 bits per heavy atom. The molecule has 1 heterocycles. The van der Waals surface area contributed by atoms with Crippen molar-refractivity contribution in [2.45, 2.75) is 61.2 Å². The Balaban J connectivity index is 1.52. The molecule has 3 N–H and O–H groups in total. The first-order chi connectivity index (χ1) is 20.3. The van der Waals surface area contributed by atoms with Crippen LogP contribution in [0.15, 0.2) is 48.5 Å². The van der Waals surface area contributed by atoms with Crippen LogP contribution in [0, 0.1) is 5.82 Å². The highest BCUT2D eigenvalue weighted by molar-refractivity contribution is 7.94. The molecule has 1 atom stereocenters. The van der Waals surface area contributed by atoms with E-state index in [1.165, 1.54) is 43.5 Å². The van der Waals surface area contributed by atoms with Crippen molar-refractivity contribution < 1.29 is 41.5 Å². The fourth-order valence-corrected chi connectivity index (χ4v) is 5.77. The Morgan fingerprint density at radius 2 is 1.86 bits per heavy atom. The van der Waals surface area contributed by atoms with Crippen LogP contribution in [0.3, 0.4) is 0 Å². The van der Waals surface area contributed by atoms with E-state index in [9.17, 15) is 32.0 Å². The van der Waals surface area contributed by atoms with E-state index >= 15 is 0 Å². The minimum atomic E-state index is -5.09. The lowest BCUT2D eigenvalue weighted by molar-refractivity contribution is -0.162. The van der Waals surface area contributed by atoms with Gasteiger partial charge in [-0.2, -0.15) is 13.2 Å². The van der Waals surface area contributed by atoms with E-state index in [4.69, 9.17) is 21.1 Å². The normalized spacial score (nSPS) is 21.5. The largest absolute Gasteiger partial charge is 0.493 e. The molecule has 7 nitrogen and oxygen atoms in total. The predicted octanol–water partition coefficient (Wildman–Crippen LogP) is 6.90. The van der Waals surface area contributed by atoms with Crippen LogP contribution in [0.1, 0.15) is 54.2 Å². The van der Waals surface area contributed by atoms with E-state index < -0.39 is 58.4 Å². The van der Waals surface area contributed by atoms with E-state index in [-0.39, 0.29) is 33.7 Å². The monoisotopic (exact) mass is 640 g/mol. The third-order valence-electron chi connectivity index (χ3n) is 7.88. The fraction of sp³-hybridized carbons (Fsp3) is 0.400. The van der Waals surface area contributed by atoms with Crippen molar-refractivity contribution in [2.24, 2.45) is 0 Å². The third kappa shape index (κ3) is 6.29. The number of nitrogens with one attached hydrogen (secondary N) is 1. The number of aliphatic hydroxyl groups excluding tert-OH is 1. The number of halogens is 5. The molecule has 0 spiro atoms. The predicted molar refractivity (Wildman–Crippen MR) is 154 cm³/mol. The Labute approximate surface area is 254 Å². The molecule has 0 saturated heterocycles. The number of aliphatic hydroxyl groups is 1. The zero-order valence-electron chi connectivity index (χ0n) is 23.2. The number of ether oxygens (including phenoxy) is 2. The summed E-state index contributed by atoms with van der Waals surface area (Å²) < 4.78 is 76.9. The Bertz CT molecular complexity index is 1530. The van der Waals surface area contributed by atoms with Crippen molar-refractivity contribution >= 4 is 29.6 Å². The first-order valence-electron chi connectivity index (χ1n) is 13.5. The summed E-state index contributed by atoms with van der Waals surface area (Å²) in [6.07, 6.45) is -3.27. The van der Waals surface area contributed by atoms with Gasteiger partial charge in [0.15, 0.2) is 16.2 Å². The number of hydrogen-bond donors (Lipinski definition) is 3. The van der Waals surface area contributed by atoms with Crippen molar-refractivity contribution in [1.29, 1.82) is 0 Å². The number of pyridine rings is 1. The molecule has 1 unspecified atom stereocenters. The fourth-order valence-electron chi connectivity index (χ4n) is 5.15. The molecule has 0 aliphatic heterocycles. The molecule has 1 amide bonds. The molecular formula is C30H29ClF4N2O5S. The number of rotatable bonds is 10. The molecule has 13 heteroatoms. The average molecular weight is 641 g/mol. The first kappa shape index (κ1) is 31.4. The van der Waals surface area contributed by atoms with Crippen molar-refractivity contribution in [2.75, 3.05) is 13.7 Å². The maximum absolute atomic E-state index is 14.9. The van der Waals surface area contributed by atoms with Crippen LogP contribution in [0.5, 0.6) is 11.5 Å². The van der Waals surface area contributed by atoms with Gasteiger partial charge in [-0.25, -0.2) is 4.39 Å². The molecule has 2 aliphatic carbocycles. The number of nitrogens with zero attached hydrogens (tertiary/aromatic N) is 1. The van der Waals surface area contributed by atoms with Crippen LogP contribution in [0.4, 0.5) is 17.6 Å². The maximum Gasteiger partial charge on any atom is 0.412 e. The minimum Gasteiger partial charge on any atom is -0.493 e. The van der Waals surface area contributed by atoms with Gasteiger partial charge in [-0.1, -0.05) is 18.5 Å². The molecule has 43 heavy (non-hydrogen) atoms. The van der Waals surface area contributed by atoms with E-state index in [0.29, 0.717) is 24.2 Å². The second-order valence-corrected chi connectivity index (χ2v) is 12.4. The first-order valence-corrected chi connectivity index (χ1v) is 14.6. The van der Waals surface area contributed by atoms with Crippen molar-refractivity contribution in [1.82, 2.24) is 10.3 Å². The van der Waals surface area contributed by atoms with E-state index in [2.05, 4.69) is 10.3 Å². The van der Waals surface area contributed by atoms with Gasteiger partial charge in [0.1, 0.15) is 5.82 Å². The topological polar surface area (TPSA) is 101 Å². The molecule has 2 fully saturated rings. The molecule has 2 saturated carbocycles. The maximum atomic E-state index is 14.9. The zero-order chi connectivity index (χ0) is 31.2. The lowest BCUT2D eigenvalue weighted by Gasteiger charge is -2.44. The van der Waals surface area contributed by atoms with Gasteiger partial charge in [0, 0.05) is 29.7 Å². The summed E-state index contributed by atoms with van der Waals surface area (Å²) in [7, 11) is 1.39. The van der Waals surface area contributed by atoms with Crippen LogP contribution in [0.25, 0.3) is 11.3 Å². The van der Waals surface area contributed by atoms with Gasteiger partial charge in [-0.15, -0.1) is 0 Å². The highest BCUT2D eigenvalue weighted by Crippen LogP contribution is 2.51. The summed E-state index contributed by atoms with van der Waals surface area (Å²) in [6, 6.07) is 10.8. The van der Waals surface area contributed by atoms with Gasteiger partial charge in [0.2, 0.25) is 0 Å². The lowest BCUT2D eigenvalue weighted by atomic mass is 9.64. The van der Waals surface area contributed by atoms with Gasteiger partial charge in [0.05, 0.1) is 35.7 Å². The van der Waals surface area contributed by atoms with Crippen LogP contribution >= 0.6 is 23.6 Å². The second-order valence-electron chi connectivity index (χ2n) is 11.2. The summed E-state index contributed by atoms with van der Waals surface area (Å²) in [6.45, 7) is 0.728. The number of benzene rings is 2. The SMILES string of the molecule is COc1cc(C(=O)NCC(SO)(c2cc(C3(C)CC(O)C3)cc(-c3ccc(F)c(Cl)c3)n2)C(F)(F)F)ccc1OC1CC1. The molecule has 3 aromatic rings. The molecular weight excluding hydrogens is 612 g/mol.